The summed E-state index contributed by atoms with van der Waals surface area (Å²) < 4.78 is 32.4. The Kier molecular flexibility index (Phi) is 4.57. The third kappa shape index (κ3) is 3.39. The molecule has 0 aliphatic carbocycles. The summed E-state index contributed by atoms with van der Waals surface area (Å²) in [7, 11) is 4.82. The Morgan fingerprint density at radius 3 is 2.67 bits per heavy atom. The van der Waals surface area contributed by atoms with Gasteiger partial charge in [-0.15, -0.1) is 0 Å². The first kappa shape index (κ1) is 15.0. The van der Waals surface area contributed by atoms with E-state index in [0.717, 1.165) is 17.4 Å². The molecule has 1 heterocycles. The Balaban J connectivity index is 2.25. The van der Waals surface area contributed by atoms with E-state index in [1.807, 2.05) is 24.3 Å². The Morgan fingerprint density at radius 1 is 1.24 bits per heavy atom. The first-order chi connectivity index (χ1) is 10.0. The monoisotopic (exact) mass is 293 g/mol. The zero-order valence-electron chi connectivity index (χ0n) is 12.2. The van der Waals surface area contributed by atoms with Crippen LogP contribution in [0, 0.1) is 11.6 Å². The van der Waals surface area contributed by atoms with E-state index in [9.17, 15) is 8.78 Å². The second kappa shape index (κ2) is 6.39. The molecule has 0 saturated heterocycles. The summed E-state index contributed by atoms with van der Waals surface area (Å²) in [6.45, 7) is 0.426. The third-order valence-corrected chi connectivity index (χ3v) is 3.06. The Morgan fingerprint density at radius 2 is 2.00 bits per heavy atom. The second-order valence-corrected chi connectivity index (χ2v) is 4.58. The van der Waals surface area contributed by atoms with Crippen LogP contribution in [0.1, 0.15) is 5.56 Å². The maximum Gasteiger partial charge on any atom is 0.168 e. The fourth-order valence-corrected chi connectivity index (χ4v) is 2.02. The third-order valence-electron chi connectivity index (χ3n) is 3.06. The SMILES string of the molecule is CNc1nc(N(C)Cc2cccc(OC)c2)c(F)cc1F. The first-order valence-corrected chi connectivity index (χ1v) is 6.43. The van der Waals surface area contributed by atoms with Gasteiger partial charge in [-0.25, -0.2) is 13.8 Å². The van der Waals surface area contributed by atoms with E-state index in [2.05, 4.69) is 10.3 Å². The molecule has 0 atom stereocenters. The van der Waals surface area contributed by atoms with Gasteiger partial charge >= 0.3 is 0 Å². The average Bonchev–Trinajstić information content (AvgIpc) is 2.47. The molecule has 0 saturated carbocycles. The molecular weight excluding hydrogens is 276 g/mol. The molecule has 112 valence electrons. The fraction of sp³-hybridized carbons (Fsp3) is 0.267. The molecule has 2 rings (SSSR count). The fourth-order valence-electron chi connectivity index (χ4n) is 2.02. The standard InChI is InChI=1S/C15H17F2N3O/c1-18-14-12(16)8-13(17)15(19-14)20(2)9-10-5-4-6-11(7-10)21-3/h4-8H,9H2,1-3H3,(H,18,19). The van der Waals surface area contributed by atoms with Crippen LogP contribution >= 0.6 is 0 Å². The molecule has 2 aromatic rings. The molecule has 1 aromatic heterocycles. The van der Waals surface area contributed by atoms with E-state index in [4.69, 9.17) is 4.74 Å². The number of rotatable bonds is 5. The van der Waals surface area contributed by atoms with E-state index in [-0.39, 0.29) is 11.6 Å². The highest BCUT2D eigenvalue weighted by atomic mass is 19.1. The average molecular weight is 293 g/mol. The molecule has 0 unspecified atom stereocenters. The van der Waals surface area contributed by atoms with Crippen molar-refractivity contribution in [2.45, 2.75) is 6.54 Å². The largest absolute Gasteiger partial charge is 0.497 e. The van der Waals surface area contributed by atoms with Gasteiger partial charge in [0.2, 0.25) is 0 Å². The highest BCUT2D eigenvalue weighted by Crippen LogP contribution is 2.23. The lowest BCUT2D eigenvalue weighted by molar-refractivity contribution is 0.414. The van der Waals surface area contributed by atoms with Crippen molar-refractivity contribution in [2.75, 3.05) is 31.4 Å². The molecule has 0 aliphatic heterocycles. The van der Waals surface area contributed by atoms with Crippen molar-refractivity contribution in [2.24, 2.45) is 0 Å². The van der Waals surface area contributed by atoms with Crippen LogP contribution in [0.25, 0.3) is 0 Å². The van der Waals surface area contributed by atoms with Gasteiger partial charge in [0.15, 0.2) is 23.3 Å². The van der Waals surface area contributed by atoms with Gasteiger partial charge < -0.3 is 15.0 Å². The van der Waals surface area contributed by atoms with Crippen LogP contribution in [-0.4, -0.2) is 26.2 Å². The predicted molar refractivity (Wildman–Crippen MR) is 78.8 cm³/mol. The van der Waals surface area contributed by atoms with E-state index in [1.165, 1.54) is 7.05 Å². The number of nitrogens with one attached hydrogen (secondary N) is 1. The van der Waals surface area contributed by atoms with Crippen molar-refractivity contribution in [3.05, 3.63) is 47.5 Å². The summed E-state index contributed by atoms with van der Waals surface area (Å²) in [5, 5.41) is 2.60. The van der Waals surface area contributed by atoms with Crippen LogP contribution in [-0.2, 0) is 6.54 Å². The molecule has 6 heteroatoms. The Bertz CT molecular complexity index is 634. The van der Waals surface area contributed by atoms with Gasteiger partial charge in [-0.3, -0.25) is 0 Å². The highest BCUT2D eigenvalue weighted by molar-refractivity contribution is 5.49. The minimum atomic E-state index is -0.714. The quantitative estimate of drug-likeness (QED) is 0.919. The number of ether oxygens (including phenoxy) is 1. The van der Waals surface area contributed by atoms with Crippen molar-refractivity contribution in [1.82, 2.24) is 4.98 Å². The van der Waals surface area contributed by atoms with Gasteiger partial charge in [0, 0.05) is 26.7 Å². The van der Waals surface area contributed by atoms with Gasteiger partial charge in [0.1, 0.15) is 5.75 Å². The van der Waals surface area contributed by atoms with Crippen LogP contribution in [0.4, 0.5) is 20.4 Å². The van der Waals surface area contributed by atoms with Crippen LogP contribution in [0.3, 0.4) is 0 Å². The van der Waals surface area contributed by atoms with Crippen LogP contribution in [0.2, 0.25) is 0 Å². The van der Waals surface area contributed by atoms with E-state index in [0.29, 0.717) is 6.54 Å². The van der Waals surface area contributed by atoms with Gasteiger partial charge in [0.25, 0.3) is 0 Å². The lowest BCUT2D eigenvalue weighted by Crippen LogP contribution is -2.20. The zero-order valence-corrected chi connectivity index (χ0v) is 12.2. The minimum Gasteiger partial charge on any atom is -0.497 e. The summed E-state index contributed by atoms with van der Waals surface area (Å²) >= 11 is 0. The number of hydrogen-bond donors (Lipinski definition) is 1. The number of nitrogens with zero attached hydrogens (tertiary/aromatic N) is 2. The lowest BCUT2D eigenvalue weighted by atomic mass is 10.2. The van der Waals surface area contributed by atoms with Gasteiger partial charge in [-0.2, -0.15) is 0 Å². The van der Waals surface area contributed by atoms with Crippen molar-refractivity contribution in [1.29, 1.82) is 0 Å². The van der Waals surface area contributed by atoms with E-state index < -0.39 is 11.6 Å². The molecule has 21 heavy (non-hydrogen) atoms. The van der Waals surface area contributed by atoms with Crippen LogP contribution < -0.4 is 15.0 Å². The number of methoxy groups -OCH3 is 1. The van der Waals surface area contributed by atoms with Gasteiger partial charge in [0.05, 0.1) is 7.11 Å². The molecule has 0 bridgehead atoms. The minimum absolute atomic E-state index is 0.0175. The number of halogens is 2. The van der Waals surface area contributed by atoms with Gasteiger partial charge in [-0.1, -0.05) is 12.1 Å². The summed E-state index contributed by atoms with van der Waals surface area (Å²) in [6, 6.07) is 8.28. The molecule has 0 spiro atoms. The summed E-state index contributed by atoms with van der Waals surface area (Å²) in [5.41, 5.74) is 0.938. The topological polar surface area (TPSA) is 37.4 Å². The summed E-state index contributed by atoms with van der Waals surface area (Å²) in [5.74, 6) is -0.581. The predicted octanol–water partition coefficient (Wildman–Crippen LogP) is 3.05. The molecule has 1 aromatic carbocycles. The highest BCUT2D eigenvalue weighted by Gasteiger charge is 2.15. The van der Waals surface area contributed by atoms with Crippen LogP contribution in [0.5, 0.6) is 5.75 Å². The number of pyridine rings is 1. The summed E-state index contributed by atoms with van der Waals surface area (Å²) in [6.07, 6.45) is 0. The Hall–Kier alpha value is -2.37. The second-order valence-electron chi connectivity index (χ2n) is 4.58. The normalized spacial score (nSPS) is 10.3. The molecule has 0 aliphatic rings. The van der Waals surface area contributed by atoms with E-state index in [1.54, 1.807) is 19.1 Å². The maximum absolute atomic E-state index is 13.9. The van der Waals surface area contributed by atoms with Crippen molar-refractivity contribution >= 4 is 11.6 Å². The molecule has 0 radical (unpaired) electrons. The van der Waals surface area contributed by atoms with Crippen LogP contribution in [0.15, 0.2) is 30.3 Å². The molecule has 1 N–H and O–H groups in total. The maximum atomic E-state index is 13.9. The van der Waals surface area contributed by atoms with Crippen molar-refractivity contribution in [3.63, 3.8) is 0 Å². The summed E-state index contributed by atoms with van der Waals surface area (Å²) in [4.78, 5) is 5.58. The lowest BCUT2D eigenvalue weighted by Gasteiger charge is -2.20. The zero-order chi connectivity index (χ0) is 15.4. The smallest absolute Gasteiger partial charge is 0.168 e. The van der Waals surface area contributed by atoms with E-state index >= 15 is 0 Å². The molecule has 0 amide bonds. The number of benzene rings is 1. The van der Waals surface area contributed by atoms with Crippen molar-refractivity contribution < 1.29 is 13.5 Å². The molecule has 4 nitrogen and oxygen atoms in total. The van der Waals surface area contributed by atoms with Gasteiger partial charge in [-0.05, 0) is 17.7 Å². The number of anilines is 2. The molecule has 0 fully saturated rings. The Labute approximate surface area is 122 Å². The number of hydrogen-bond acceptors (Lipinski definition) is 4. The van der Waals surface area contributed by atoms with Crippen molar-refractivity contribution in [3.8, 4) is 5.75 Å². The molecular formula is C15H17F2N3O. The first-order valence-electron chi connectivity index (χ1n) is 6.43. The number of aromatic nitrogens is 1.